The normalized spacial score (nSPS) is 22.8. The molecule has 266 valence electrons. The number of rotatable bonds is 9. The summed E-state index contributed by atoms with van der Waals surface area (Å²) in [6.45, 7) is 8.50. The number of amides is 1. The molecule has 3 fully saturated rings. The molecule has 1 aromatic heterocycles. The van der Waals surface area contributed by atoms with Crippen LogP contribution in [-0.4, -0.2) is 115 Å². The summed E-state index contributed by atoms with van der Waals surface area (Å²) in [4.78, 5) is 34.9. The number of piperazine rings is 1. The number of benzene rings is 2. The Bertz CT molecular complexity index is 1720. The highest BCUT2D eigenvalue weighted by Gasteiger charge is 2.36. The summed E-state index contributed by atoms with van der Waals surface area (Å²) >= 11 is 6.75. The van der Waals surface area contributed by atoms with Crippen LogP contribution < -0.4 is 14.5 Å². The largest absolute Gasteiger partial charge is 0.462 e. The Morgan fingerprint density at radius 2 is 1.84 bits per heavy atom. The van der Waals surface area contributed by atoms with Crippen molar-refractivity contribution in [3.05, 3.63) is 52.7 Å². The van der Waals surface area contributed by atoms with E-state index in [4.69, 9.17) is 26.3 Å². The van der Waals surface area contributed by atoms with Crippen molar-refractivity contribution in [2.24, 2.45) is 5.92 Å². The number of carbonyl (C=O) groups excluding carboxylic acids is 1. The second-order valence-corrected chi connectivity index (χ2v) is 14.9. The van der Waals surface area contributed by atoms with Crippen molar-refractivity contribution in [2.45, 2.75) is 70.2 Å². The number of carbonyl (C=O) groups is 1. The lowest BCUT2D eigenvalue weighted by atomic mass is 10.00. The Labute approximate surface area is 299 Å². The molecule has 12 heteroatoms. The van der Waals surface area contributed by atoms with Gasteiger partial charge in [-0.1, -0.05) is 42.8 Å². The number of anilines is 2. The topological polar surface area (TPSA) is 92.1 Å². The number of halogens is 2. The maximum atomic E-state index is 13.8. The number of aromatic nitrogens is 2. The fourth-order valence-electron chi connectivity index (χ4n) is 8.27. The Morgan fingerprint density at radius 3 is 2.60 bits per heavy atom. The third kappa shape index (κ3) is 7.34. The second-order valence-electron chi connectivity index (χ2n) is 14.5. The first-order valence-electron chi connectivity index (χ1n) is 18.2. The molecular weight excluding hydrogens is 655 g/mol. The lowest BCUT2D eigenvalue weighted by molar-refractivity contribution is -0.138. The van der Waals surface area contributed by atoms with Gasteiger partial charge in [0.05, 0.1) is 35.8 Å². The van der Waals surface area contributed by atoms with Gasteiger partial charge in [0, 0.05) is 74.4 Å². The van der Waals surface area contributed by atoms with E-state index in [1.807, 2.05) is 24.0 Å². The second kappa shape index (κ2) is 15.3. The Kier molecular flexibility index (Phi) is 10.6. The molecule has 0 spiro atoms. The Morgan fingerprint density at radius 1 is 1.04 bits per heavy atom. The maximum Gasteiger partial charge on any atom is 0.318 e. The molecule has 1 amide bonds. The van der Waals surface area contributed by atoms with Gasteiger partial charge in [-0.15, -0.1) is 0 Å². The van der Waals surface area contributed by atoms with Gasteiger partial charge in [0.1, 0.15) is 18.6 Å². The number of alkyl halides is 1. The lowest BCUT2D eigenvalue weighted by Crippen LogP contribution is -2.57. The molecule has 4 aliphatic rings. The molecule has 5 heterocycles. The van der Waals surface area contributed by atoms with Crippen molar-refractivity contribution in [1.29, 1.82) is 5.26 Å². The molecule has 1 unspecified atom stereocenters. The van der Waals surface area contributed by atoms with Crippen molar-refractivity contribution in [2.75, 3.05) is 75.8 Å². The SMILES string of the molecule is CC(CN1CCC(F)CC1)C(=O)N1CCN(c2nc(OC[C@@H]3CCCN3C)nc3c2CCN(c2cccc4cccc(Cl)c24)C3)C[C@@H]1CC#N. The minimum Gasteiger partial charge on any atom is -0.462 e. The number of ether oxygens (including phenoxy) is 1. The summed E-state index contributed by atoms with van der Waals surface area (Å²) in [5, 5.41) is 12.7. The van der Waals surface area contributed by atoms with Gasteiger partial charge in [-0.2, -0.15) is 15.2 Å². The maximum absolute atomic E-state index is 13.8. The number of fused-ring (bicyclic) bond motifs is 2. The molecule has 0 aliphatic carbocycles. The van der Waals surface area contributed by atoms with Gasteiger partial charge in [0.2, 0.25) is 5.91 Å². The molecule has 0 N–H and O–H groups in total. The molecule has 10 nitrogen and oxygen atoms in total. The van der Waals surface area contributed by atoms with Crippen molar-refractivity contribution < 1.29 is 13.9 Å². The van der Waals surface area contributed by atoms with Crippen molar-refractivity contribution >= 4 is 39.8 Å². The fourth-order valence-corrected chi connectivity index (χ4v) is 8.55. The van der Waals surface area contributed by atoms with Crippen LogP contribution in [0.2, 0.25) is 5.02 Å². The van der Waals surface area contributed by atoms with Gasteiger partial charge >= 0.3 is 6.01 Å². The summed E-state index contributed by atoms with van der Waals surface area (Å²) in [7, 11) is 2.14. The van der Waals surface area contributed by atoms with Crippen LogP contribution in [-0.2, 0) is 17.8 Å². The number of hydrogen-bond donors (Lipinski definition) is 0. The van der Waals surface area contributed by atoms with Crippen molar-refractivity contribution in [3.63, 3.8) is 0 Å². The highest BCUT2D eigenvalue weighted by atomic mass is 35.5. The summed E-state index contributed by atoms with van der Waals surface area (Å²) < 4.78 is 20.1. The van der Waals surface area contributed by atoms with Crippen LogP contribution in [0.1, 0.15) is 50.3 Å². The molecule has 3 aromatic rings. The predicted octanol–water partition coefficient (Wildman–Crippen LogP) is 5.32. The summed E-state index contributed by atoms with van der Waals surface area (Å²) in [6, 6.07) is 15.1. The summed E-state index contributed by atoms with van der Waals surface area (Å²) in [5.74, 6) is 0.677. The standard InChI is InChI=1S/C38H48ClFN8O2/c1-26(22-45-17-12-28(40)13-18-45)37(49)48-21-20-47(23-29(48)11-15-41)36-31-14-19-46(34-10-4-7-27-6-3-9-32(39)35(27)34)24-33(31)42-38(43-36)50-25-30-8-5-16-44(30)2/h3-4,6-7,9-10,26,28-30H,5,8,11-14,16-25H2,1-2H3/t26?,29-,30-/m0/s1. The molecule has 3 saturated heterocycles. The predicted molar refractivity (Wildman–Crippen MR) is 195 cm³/mol. The van der Waals surface area contributed by atoms with Crippen LogP contribution >= 0.6 is 11.6 Å². The van der Waals surface area contributed by atoms with Crippen LogP contribution in [0.3, 0.4) is 0 Å². The van der Waals surface area contributed by atoms with Gasteiger partial charge in [-0.05, 0) is 63.2 Å². The molecule has 3 atom stereocenters. The van der Waals surface area contributed by atoms with E-state index in [9.17, 15) is 14.4 Å². The number of hydrogen-bond acceptors (Lipinski definition) is 9. The third-order valence-electron chi connectivity index (χ3n) is 11.1. The number of nitrogens with zero attached hydrogens (tertiary/aromatic N) is 8. The van der Waals surface area contributed by atoms with Gasteiger partial charge < -0.3 is 29.2 Å². The average Bonchev–Trinajstić information content (AvgIpc) is 3.55. The molecule has 0 bridgehead atoms. The molecule has 50 heavy (non-hydrogen) atoms. The van der Waals surface area contributed by atoms with Gasteiger partial charge in [-0.3, -0.25) is 4.79 Å². The molecule has 4 aliphatic heterocycles. The lowest BCUT2D eigenvalue weighted by Gasteiger charge is -2.43. The first-order chi connectivity index (χ1) is 24.3. The first-order valence-corrected chi connectivity index (χ1v) is 18.6. The van der Waals surface area contributed by atoms with E-state index in [1.54, 1.807) is 0 Å². The number of piperidine rings is 1. The zero-order valence-corrected chi connectivity index (χ0v) is 30.0. The fraction of sp³-hybridized carbons (Fsp3) is 0.579. The molecule has 2 aromatic carbocycles. The average molecular weight is 703 g/mol. The first kappa shape index (κ1) is 34.7. The zero-order valence-electron chi connectivity index (χ0n) is 29.2. The Hall–Kier alpha value is -3.72. The van der Waals surface area contributed by atoms with Crippen LogP contribution in [0.15, 0.2) is 36.4 Å². The van der Waals surface area contributed by atoms with E-state index in [0.717, 1.165) is 70.9 Å². The van der Waals surface area contributed by atoms with Crippen LogP contribution in [0.4, 0.5) is 15.9 Å². The minimum absolute atomic E-state index is 0.0612. The van der Waals surface area contributed by atoms with Crippen LogP contribution in [0.5, 0.6) is 6.01 Å². The Balaban J connectivity index is 1.14. The number of likely N-dealkylation sites (tertiary alicyclic amines) is 2. The summed E-state index contributed by atoms with van der Waals surface area (Å²) in [5.41, 5.74) is 3.11. The van der Waals surface area contributed by atoms with E-state index in [1.165, 1.54) is 0 Å². The summed E-state index contributed by atoms with van der Waals surface area (Å²) in [6.07, 6.45) is 3.53. The van der Waals surface area contributed by atoms with E-state index in [-0.39, 0.29) is 24.3 Å². The highest BCUT2D eigenvalue weighted by molar-refractivity contribution is 6.36. The monoisotopic (exact) mass is 702 g/mol. The number of nitriles is 1. The molecular formula is C38H48ClFN8O2. The van der Waals surface area contributed by atoms with Gasteiger partial charge in [-0.25, -0.2) is 4.39 Å². The van der Waals surface area contributed by atoms with Gasteiger partial charge in [0.25, 0.3) is 0 Å². The van der Waals surface area contributed by atoms with E-state index in [0.29, 0.717) is 77.3 Å². The smallest absolute Gasteiger partial charge is 0.318 e. The van der Waals surface area contributed by atoms with Crippen LogP contribution in [0, 0.1) is 17.2 Å². The zero-order chi connectivity index (χ0) is 34.8. The highest BCUT2D eigenvalue weighted by Crippen LogP contribution is 2.37. The van der Waals surface area contributed by atoms with Gasteiger partial charge in [0.15, 0.2) is 0 Å². The van der Waals surface area contributed by atoms with Crippen LogP contribution in [0.25, 0.3) is 10.8 Å². The molecule has 0 saturated carbocycles. The molecule has 0 radical (unpaired) electrons. The molecule has 7 rings (SSSR count). The minimum atomic E-state index is -0.743. The third-order valence-corrected chi connectivity index (χ3v) is 11.4. The van der Waals surface area contributed by atoms with Crippen molar-refractivity contribution in [1.82, 2.24) is 24.7 Å². The van der Waals surface area contributed by atoms with E-state index < -0.39 is 6.17 Å². The van der Waals surface area contributed by atoms with Crippen molar-refractivity contribution in [3.8, 4) is 12.1 Å². The van der Waals surface area contributed by atoms with E-state index in [2.05, 4.69) is 57.0 Å². The van der Waals surface area contributed by atoms with E-state index >= 15 is 0 Å². The number of likely N-dealkylation sites (N-methyl/N-ethyl adjacent to an activating group) is 1. The quantitative estimate of drug-likeness (QED) is 0.294.